The topological polar surface area (TPSA) is 160 Å². The van der Waals surface area contributed by atoms with Crippen molar-refractivity contribution in [2.45, 2.75) is 32.9 Å². The minimum Gasteiger partial charge on any atom is -0.443 e. The van der Waals surface area contributed by atoms with Gasteiger partial charge in [-0.25, -0.2) is 19.3 Å². The van der Waals surface area contributed by atoms with Crippen molar-refractivity contribution >= 4 is 51.4 Å². The van der Waals surface area contributed by atoms with Crippen LogP contribution < -0.4 is 16.6 Å². The van der Waals surface area contributed by atoms with Gasteiger partial charge in [0.2, 0.25) is 5.95 Å². The number of nitrogens with zero attached hydrogens (tertiary/aromatic N) is 8. The van der Waals surface area contributed by atoms with E-state index in [1.165, 1.54) is 16.2 Å². The number of anilines is 2. The lowest BCUT2D eigenvalue weighted by atomic mass is 10.2. The Balaban J connectivity index is 1.42. The molecule has 0 bridgehead atoms. The number of rotatable bonds is 5. The first kappa shape index (κ1) is 27.9. The fourth-order valence-electron chi connectivity index (χ4n) is 4.87. The van der Waals surface area contributed by atoms with Gasteiger partial charge in [0, 0.05) is 35.8 Å². The van der Waals surface area contributed by atoms with Crippen LogP contribution in [0.5, 0.6) is 0 Å². The minimum atomic E-state index is -0.777. The third-order valence-electron chi connectivity index (χ3n) is 6.88. The normalized spacial score (nSPS) is 11.9. The van der Waals surface area contributed by atoms with Crippen molar-refractivity contribution in [2.24, 2.45) is 14.1 Å². The number of hydrogen-bond acceptors (Lipinski definition) is 9. The van der Waals surface area contributed by atoms with E-state index in [9.17, 15) is 14.4 Å². The van der Waals surface area contributed by atoms with Crippen LogP contribution in [0.15, 0.2) is 58.1 Å². The van der Waals surface area contributed by atoms with Crippen molar-refractivity contribution in [1.29, 1.82) is 0 Å². The average molecular weight is 603 g/mol. The molecule has 14 nitrogen and oxygen atoms in total. The van der Waals surface area contributed by atoms with Crippen LogP contribution in [-0.2, 0) is 25.4 Å². The Bertz CT molecular complexity index is 2130. The molecule has 0 aliphatic carbocycles. The Hall–Kier alpha value is -5.24. The van der Waals surface area contributed by atoms with Crippen molar-refractivity contribution in [3.63, 3.8) is 0 Å². The molecule has 43 heavy (non-hydrogen) atoms. The van der Waals surface area contributed by atoms with E-state index in [1.54, 1.807) is 56.7 Å². The Morgan fingerprint density at radius 2 is 1.81 bits per heavy atom. The summed E-state index contributed by atoms with van der Waals surface area (Å²) >= 11 is 6.44. The molecule has 0 saturated heterocycles. The van der Waals surface area contributed by atoms with Crippen molar-refractivity contribution in [3.05, 3.63) is 80.1 Å². The number of aromatic amines is 1. The molecule has 2 aromatic carbocycles. The van der Waals surface area contributed by atoms with Gasteiger partial charge in [-0.2, -0.15) is 4.98 Å². The standard InChI is InChI=1S/C28H27ClN10O4/c1-28(2,3)43-27(42)39-17(13-18-19(29)7-6-8-20(18)39)14-38-24(40)21-23(37(5)26(38)41)31-25(36(21)4)30-16-11-9-15(10-12-16)22-32-34-35-33-22/h6-13H,14H2,1-5H3,(H,30,31)(H,32,33,34,35). The lowest BCUT2D eigenvalue weighted by Crippen LogP contribution is -2.40. The van der Waals surface area contributed by atoms with Crippen molar-refractivity contribution in [3.8, 4) is 11.4 Å². The van der Waals surface area contributed by atoms with E-state index >= 15 is 0 Å². The van der Waals surface area contributed by atoms with Crippen LogP contribution >= 0.6 is 11.6 Å². The highest BCUT2D eigenvalue weighted by Gasteiger charge is 2.25. The van der Waals surface area contributed by atoms with E-state index < -0.39 is 22.9 Å². The van der Waals surface area contributed by atoms with Crippen LogP contribution in [0.25, 0.3) is 33.5 Å². The first-order valence-corrected chi connectivity index (χ1v) is 13.6. The van der Waals surface area contributed by atoms with E-state index in [0.717, 1.165) is 10.1 Å². The molecule has 0 fully saturated rings. The zero-order chi connectivity index (χ0) is 30.6. The zero-order valence-electron chi connectivity index (χ0n) is 23.9. The van der Waals surface area contributed by atoms with E-state index in [-0.39, 0.29) is 17.7 Å². The second-order valence-electron chi connectivity index (χ2n) is 11.0. The van der Waals surface area contributed by atoms with E-state index in [4.69, 9.17) is 16.3 Å². The molecule has 0 radical (unpaired) electrons. The summed E-state index contributed by atoms with van der Waals surface area (Å²) in [6, 6.07) is 14.1. The van der Waals surface area contributed by atoms with Gasteiger partial charge in [-0.15, -0.1) is 5.10 Å². The summed E-state index contributed by atoms with van der Waals surface area (Å²) in [5.74, 6) is 0.876. The van der Waals surface area contributed by atoms with Gasteiger partial charge >= 0.3 is 11.8 Å². The summed E-state index contributed by atoms with van der Waals surface area (Å²) in [5, 5.41) is 18.0. The van der Waals surface area contributed by atoms with E-state index in [0.29, 0.717) is 39.1 Å². The van der Waals surface area contributed by atoms with Gasteiger partial charge in [0.05, 0.1) is 17.8 Å². The summed E-state index contributed by atoms with van der Waals surface area (Å²) in [5.41, 5.74) is 0.804. The summed E-state index contributed by atoms with van der Waals surface area (Å²) in [6.45, 7) is 5.06. The average Bonchev–Trinajstić information content (AvgIpc) is 3.68. The number of benzene rings is 2. The number of aromatic nitrogens is 9. The van der Waals surface area contributed by atoms with Gasteiger partial charge in [0.1, 0.15) is 5.60 Å². The number of imidazole rings is 1. The van der Waals surface area contributed by atoms with Crippen LogP contribution in [0.4, 0.5) is 16.4 Å². The second kappa shape index (κ2) is 10.2. The van der Waals surface area contributed by atoms with Crippen LogP contribution in [0, 0.1) is 0 Å². The summed E-state index contributed by atoms with van der Waals surface area (Å²) in [6.07, 6.45) is -0.650. The highest BCUT2D eigenvalue weighted by Crippen LogP contribution is 2.28. The third-order valence-corrected chi connectivity index (χ3v) is 7.21. The van der Waals surface area contributed by atoms with Gasteiger partial charge in [0.25, 0.3) is 5.56 Å². The number of nitrogens with one attached hydrogen (secondary N) is 2. The van der Waals surface area contributed by atoms with Crippen molar-refractivity contribution < 1.29 is 9.53 Å². The molecule has 4 aromatic heterocycles. The Morgan fingerprint density at radius 1 is 1.07 bits per heavy atom. The Kier molecular flexibility index (Phi) is 6.64. The fourth-order valence-corrected chi connectivity index (χ4v) is 5.09. The predicted molar refractivity (Wildman–Crippen MR) is 161 cm³/mol. The highest BCUT2D eigenvalue weighted by molar-refractivity contribution is 6.35. The van der Waals surface area contributed by atoms with Gasteiger partial charge in [-0.1, -0.05) is 17.7 Å². The number of carbonyl (C=O) groups excluding carboxylic acids is 1. The summed E-state index contributed by atoms with van der Waals surface area (Å²) in [4.78, 5) is 45.2. The van der Waals surface area contributed by atoms with Crippen LogP contribution in [0.1, 0.15) is 26.5 Å². The van der Waals surface area contributed by atoms with Gasteiger partial charge in [-0.05, 0) is 73.7 Å². The quantitative estimate of drug-likeness (QED) is 0.299. The Morgan fingerprint density at radius 3 is 2.49 bits per heavy atom. The van der Waals surface area contributed by atoms with Crippen molar-refractivity contribution in [2.75, 3.05) is 5.32 Å². The maximum Gasteiger partial charge on any atom is 0.419 e. The molecule has 0 aliphatic rings. The molecular weight excluding hydrogens is 576 g/mol. The van der Waals surface area contributed by atoms with Gasteiger partial charge < -0.3 is 14.6 Å². The molecule has 4 heterocycles. The SMILES string of the molecule is Cn1c(Nc2ccc(-c3nnn[nH]3)cc2)nc2c1c(=O)n(Cc1cc3c(Cl)cccc3n1C(=O)OC(C)(C)C)c(=O)n2C. The number of halogens is 1. The molecule has 0 saturated carbocycles. The number of carbonyl (C=O) groups is 1. The summed E-state index contributed by atoms with van der Waals surface area (Å²) < 4.78 is 10.9. The predicted octanol–water partition coefficient (Wildman–Crippen LogP) is 3.80. The number of hydrogen-bond donors (Lipinski definition) is 2. The molecule has 220 valence electrons. The highest BCUT2D eigenvalue weighted by atomic mass is 35.5. The van der Waals surface area contributed by atoms with E-state index in [1.807, 2.05) is 24.3 Å². The largest absolute Gasteiger partial charge is 0.443 e. The minimum absolute atomic E-state index is 0.201. The Labute approximate surface area is 248 Å². The molecule has 2 N–H and O–H groups in total. The van der Waals surface area contributed by atoms with E-state index in [2.05, 4.69) is 30.9 Å². The van der Waals surface area contributed by atoms with Gasteiger partial charge in [0.15, 0.2) is 17.0 Å². The molecule has 0 aliphatic heterocycles. The fraction of sp³-hybridized carbons (Fsp3) is 0.250. The lowest BCUT2D eigenvalue weighted by molar-refractivity contribution is 0.0540. The number of fused-ring (bicyclic) bond motifs is 2. The van der Waals surface area contributed by atoms with Crippen molar-refractivity contribution in [1.82, 2.24) is 43.9 Å². The smallest absolute Gasteiger partial charge is 0.419 e. The third kappa shape index (κ3) is 4.95. The van der Waals surface area contributed by atoms with Crippen LogP contribution in [0.3, 0.4) is 0 Å². The zero-order valence-corrected chi connectivity index (χ0v) is 24.7. The monoisotopic (exact) mass is 602 g/mol. The lowest BCUT2D eigenvalue weighted by Gasteiger charge is -2.21. The number of aryl methyl sites for hydroxylation is 2. The molecule has 6 rings (SSSR count). The molecule has 0 amide bonds. The first-order valence-electron chi connectivity index (χ1n) is 13.2. The number of tetrazole rings is 1. The molecule has 0 atom stereocenters. The maximum atomic E-state index is 13.8. The van der Waals surface area contributed by atoms with Crippen LogP contribution in [0.2, 0.25) is 5.02 Å². The first-order chi connectivity index (χ1) is 20.4. The molecule has 0 unspecified atom stereocenters. The van der Waals surface area contributed by atoms with Crippen LogP contribution in [-0.4, -0.2) is 55.6 Å². The molecule has 0 spiro atoms. The maximum absolute atomic E-state index is 13.8. The molecular formula is C28H27ClN10O4. The number of ether oxygens (including phenoxy) is 1. The van der Waals surface area contributed by atoms with Gasteiger partial charge in [-0.3, -0.25) is 13.9 Å². The molecule has 6 aromatic rings. The molecule has 15 heteroatoms. The summed E-state index contributed by atoms with van der Waals surface area (Å²) in [7, 11) is 3.22. The number of H-pyrrole nitrogens is 1. The second-order valence-corrected chi connectivity index (χ2v) is 11.4.